The predicted molar refractivity (Wildman–Crippen MR) is 129 cm³/mol. The highest BCUT2D eigenvalue weighted by Gasteiger charge is 2.44. The zero-order valence-corrected chi connectivity index (χ0v) is 20.0. The molecule has 3 aromatic rings. The first kappa shape index (κ1) is 21.3. The normalized spacial score (nSPS) is 17.8. The second kappa shape index (κ2) is 7.49. The third kappa shape index (κ3) is 3.20. The number of nitrogens with one attached hydrogen (secondary N) is 1. The number of anilines is 1. The van der Waals surface area contributed by atoms with Crippen molar-refractivity contribution in [3.8, 4) is 5.69 Å². The first-order valence-electron chi connectivity index (χ1n) is 11.4. The summed E-state index contributed by atoms with van der Waals surface area (Å²) >= 11 is 0. The Hall–Kier alpha value is -2.57. The molecule has 6 heteroatoms. The lowest BCUT2D eigenvalue weighted by molar-refractivity contribution is 0.247. The quantitative estimate of drug-likeness (QED) is 0.589. The van der Waals surface area contributed by atoms with E-state index in [1.165, 1.54) is 22.5 Å². The molecule has 3 heterocycles. The van der Waals surface area contributed by atoms with Crippen molar-refractivity contribution in [2.45, 2.75) is 56.9 Å². The van der Waals surface area contributed by atoms with Crippen LogP contribution >= 0.6 is 0 Å². The fraction of sp³-hybridized carbons (Fsp3) is 0.385. The number of hydrogen-bond donors (Lipinski definition) is 1. The molecule has 2 aliphatic heterocycles. The summed E-state index contributed by atoms with van der Waals surface area (Å²) < 4.78 is 30.6. The van der Waals surface area contributed by atoms with Gasteiger partial charge in [-0.1, -0.05) is 32.0 Å². The van der Waals surface area contributed by atoms with E-state index in [1.807, 2.05) is 12.1 Å². The SMILES string of the molecule is Cc1ccc2c(c1C)-n1cccc1C1(CCN(S(=O)(=O)c3ccc(C(C)C)cc3)CC1)N2. The summed E-state index contributed by atoms with van der Waals surface area (Å²) in [4.78, 5) is 0.384. The number of benzene rings is 2. The van der Waals surface area contributed by atoms with Crippen molar-refractivity contribution in [1.82, 2.24) is 8.87 Å². The van der Waals surface area contributed by atoms with Gasteiger partial charge in [-0.25, -0.2) is 8.42 Å². The van der Waals surface area contributed by atoms with Crippen molar-refractivity contribution in [2.24, 2.45) is 0 Å². The molecule has 1 saturated heterocycles. The first-order chi connectivity index (χ1) is 15.2. The molecular weight excluding hydrogens is 418 g/mol. The number of fused-ring (bicyclic) bond motifs is 4. The molecule has 1 aromatic heterocycles. The summed E-state index contributed by atoms with van der Waals surface area (Å²) in [7, 11) is -3.50. The minimum atomic E-state index is -3.50. The van der Waals surface area contributed by atoms with Crippen LogP contribution in [0.2, 0.25) is 0 Å². The maximum atomic E-state index is 13.3. The van der Waals surface area contributed by atoms with Gasteiger partial charge < -0.3 is 9.88 Å². The van der Waals surface area contributed by atoms with Gasteiger partial charge in [-0.2, -0.15) is 4.31 Å². The van der Waals surface area contributed by atoms with E-state index in [0.717, 1.165) is 24.1 Å². The highest BCUT2D eigenvalue weighted by atomic mass is 32.2. The van der Waals surface area contributed by atoms with Crippen molar-refractivity contribution in [2.75, 3.05) is 18.4 Å². The Kier molecular flexibility index (Phi) is 4.98. The van der Waals surface area contributed by atoms with Crippen molar-refractivity contribution < 1.29 is 8.42 Å². The second-order valence-corrected chi connectivity index (χ2v) is 11.4. The average Bonchev–Trinajstić information content (AvgIpc) is 3.28. The van der Waals surface area contributed by atoms with E-state index in [2.05, 4.69) is 68.0 Å². The van der Waals surface area contributed by atoms with Crippen LogP contribution in [-0.2, 0) is 15.6 Å². The Labute approximate surface area is 191 Å². The van der Waals surface area contributed by atoms with Crippen LogP contribution in [-0.4, -0.2) is 30.4 Å². The number of aryl methyl sites for hydroxylation is 1. The zero-order chi connectivity index (χ0) is 22.7. The summed E-state index contributed by atoms with van der Waals surface area (Å²) in [6, 6.07) is 15.9. The van der Waals surface area contributed by atoms with Crippen molar-refractivity contribution in [3.63, 3.8) is 0 Å². The van der Waals surface area contributed by atoms with Gasteiger partial charge in [0, 0.05) is 25.0 Å². The van der Waals surface area contributed by atoms with Crippen LogP contribution < -0.4 is 5.32 Å². The van der Waals surface area contributed by atoms with Crippen LogP contribution in [0.3, 0.4) is 0 Å². The smallest absolute Gasteiger partial charge is 0.243 e. The van der Waals surface area contributed by atoms with Gasteiger partial charge >= 0.3 is 0 Å². The van der Waals surface area contributed by atoms with E-state index in [4.69, 9.17) is 0 Å². The molecule has 0 saturated carbocycles. The molecule has 5 nitrogen and oxygen atoms in total. The molecule has 0 amide bonds. The average molecular weight is 450 g/mol. The van der Waals surface area contributed by atoms with E-state index in [0.29, 0.717) is 23.9 Å². The summed E-state index contributed by atoms with van der Waals surface area (Å²) in [5, 5.41) is 3.81. The summed E-state index contributed by atoms with van der Waals surface area (Å²) in [5.41, 5.74) is 6.98. The van der Waals surface area contributed by atoms with Crippen LogP contribution in [0.4, 0.5) is 5.69 Å². The second-order valence-electron chi connectivity index (χ2n) is 9.50. The molecule has 0 atom stereocenters. The number of aromatic nitrogens is 1. The fourth-order valence-electron chi connectivity index (χ4n) is 5.16. The Morgan fingerprint density at radius 1 is 0.969 bits per heavy atom. The molecule has 168 valence electrons. The molecule has 1 spiro atoms. The Morgan fingerprint density at radius 2 is 1.66 bits per heavy atom. The fourth-order valence-corrected chi connectivity index (χ4v) is 6.60. The van der Waals surface area contributed by atoms with Gasteiger partial charge in [-0.15, -0.1) is 0 Å². The van der Waals surface area contributed by atoms with E-state index in [1.54, 1.807) is 16.4 Å². The van der Waals surface area contributed by atoms with Crippen molar-refractivity contribution >= 4 is 15.7 Å². The molecule has 0 aliphatic carbocycles. The molecule has 1 N–H and O–H groups in total. The molecule has 0 bridgehead atoms. The van der Waals surface area contributed by atoms with Gasteiger partial charge in [0.05, 0.1) is 21.8 Å². The Balaban J connectivity index is 1.42. The number of piperidine rings is 1. The van der Waals surface area contributed by atoms with Gasteiger partial charge in [0.25, 0.3) is 0 Å². The highest BCUT2D eigenvalue weighted by Crippen LogP contribution is 2.45. The van der Waals surface area contributed by atoms with Gasteiger partial charge in [-0.05, 0) is 79.6 Å². The van der Waals surface area contributed by atoms with E-state index >= 15 is 0 Å². The predicted octanol–water partition coefficient (Wildman–Crippen LogP) is 5.32. The lowest BCUT2D eigenvalue weighted by Gasteiger charge is -2.46. The number of nitrogens with zero attached hydrogens (tertiary/aromatic N) is 2. The largest absolute Gasteiger partial charge is 0.372 e. The maximum absolute atomic E-state index is 13.3. The van der Waals surface area contributed by atoms with Gasteiger partial charge in [0.2, 0.25) is 10.0 Å². The summed E-state index contributed by atoms with van der Waals surface area (Å²) in [6.07, 6.45) is 3.59. The first-order valence-corrected chi connectivity index (χ1v) is 12.8. The Bertz CT molecular complexity index is 1260. The zero-order valence-electron chi connectivity index (χ0n) is 19.2. The molecule has 2 aliphatic rings. The minimum Gasteiger partial charge on any atom is -0.372 e. The lowest BCUT2D eigenvalue weighted by atomic mass is 9.82. The van der Waals surface area contributed by atoms with E-state index in [-0.39, 0.29) is 5.54 Å². The van der Waals surface area contributed by atoms with Crippen molar-refractivity contribution in [3.05, 3.63) is 77.1 Å². The highest BCUT2D eigenvalue weighted by molar-refractivity contribution is 7.89. The maximum Gasteiger partial charge on any atom is 0.243 e. The summed E-state index contributed by atoms with van der Waals surface area (Å²) in [6.45, 7) is 9.51. The molecule has 32 heavy (non-hydrogen) atoms. The molecule has 1 fully saturated rings. The Morgan fingerprint density at radius 3 is 2.31 bits per heavy atom. The van der Waals surface area contributed by atoms with Gasteiger partial charge in [0.1, 0.15) is 0 Å². The van der Waals surface area contributed by atoms with Gasteiger partial charge in [-0.3, -0.25) is 0 Å². The number of rotatable bonds is 3. The standard InChI is InChI=1S/C26H31N3O2S/c1-18(2)21-8-10-22(11-9-21)32(30,31)28-16-13-26(14-17-28)24-6-5-15-29(24)25-20(4)19(3)7-12-23(25)27-26/h5-12,15,18,27H,13-14,16-17H2,1-4H3. The minimum absolute atomic E-state index is 0.258. The van der Waals surface area contributed by atoms with Crippen molar-refractivity contribution in [1.29, 1.82) is 0 Å². The third-order valence-electron chi connectivity index (χ3n) is 7.32. The molecule has 2 aromatic carbocycles. The van der Waals surface area contributed by atoms with Gasteiger partial charge in [0.15, 0.2) is 0 Å². The van der Waals surface area contributed by atoms with E-state index < -0.39 is 10.0 Å². The van der Waals surface area contributed by atoms with Crippen LogP contribution in [0.5, 0.6) is 0 Å². The monoisotopic (exact) mass is 449 g/mol. The molecule has 0 unspecified atom stereocenters. The number of sulfonamides is 1. The van der Waals surface area contributed by atoms with Crippen LogP contribution in [0, 0.1) is 13.8 Å². The number of hydrogen-bond acceptors (Lipinski definition) is 3. The van der Waals surface area contributed by atoms with Crippen LogP contribution in [0.1, 0.15) is 55.0 Å². The summed E-state index contributed by atoms with van der Waals surface area (Å²) in [5.74, 6) is 0.380. The topological polar surface area (TPSA) is 54.3 Å². The molecular formula is C26H31N3O2S. The van der Waals surface area contributed by atoms with Crippen LogP contribution in [0.15, 0.2) is 59.6 Å². The third-order valence-corrected chi connectivity index (χ3v) is 9.23. The van der Waals surface area contributed by atoms with Crippen LogP contribution in [0.25, 0.3) is 5.69 Å². The molecule has 0 radical (unpaired) electrons. The lowest BCUT2D eigenvalue weighted by Crippen LogP contribution is -2.51. The van der Waals surface area contributed by atoms with E-state index in [9.17, 15) is 8.42 Å². The molecule has 5 rings (SSSR count).